The smallest absolute Gasteiger partial charge is 0.257 e. The van der Waals surface area contributed by atoms with Crippen LogP contribution >= 0.6 is 11.9 Å². The van der Waals surface area contributed by atoms with Gasteiger partial charge in [-0.05, 0) is 48.3 Å². The van der Waals surface area contributed by atoms with E-state index < -0.39 is 11.7 Å². The molecule has 10 heteroatoms. The molecule has 0 bridgehead atoms. The van der Waals surface area contributed by atoms with E-state index in [0.29, 0.717) is 37.5 Å². The maximum absolute atomic E-state index is 13.9. The first-order valence-electron chi connectivity index (χ1n) is 11.7. The van der Waals surface area contributed by atoms with Crippen molar-refractivity contribution in [3.8, 4) is 5.75 Å². The summed E-state index contributed by atoms with van der Waals surface area (Å²) in [5.41, 5.74) is 2.10. The zero-order valence-electron chi connectivity index (χ0n) is 20.1. The van der Waals surface area contributed by atoms with E-state index >= 15 is 0 Å². The highest BCUT2D eigenvalue weighted by atomic mass is 32.2. The summed E-state index contributed by atoms with van der Waals surface area (Å²) in [6.07, 6.45) is 4.18. The highest BCUT2D eigenvalue weighted by molar-refractivity contribution is 8.00. The third-order valence-corrected chi connectivity index (χ3v) is 7.04. The molecule has 1 saturated heterocycles. The largest absolute Gasteiger partial charge is 0.495 e. The van der Waals surface area contributed by atoms with Crippen LogP contribution in [-0.2, 0) is 0 Å². The first kappa shape index (κ1) is 24.5. The number of amides is 2. The molecule has 188 valence electrons. The van der Waals surface area contributed by atoms with Crippen LogP contribution in [0.3, 0.4) is 0 Å². The van der Waals surface area contributed by atoms with Crippen molar-refractivity contribution in [2.45, 2.75) is 4.90 Å². The highest BCUT2D eigenvalue weighted by Crippen LogP contribution is 2.33. The molecule has 1 fully saturated rings. The number of carbonyl (C=O) groups is 2. The van der Waals surface area contributed by atoms with Gasteiger partial charge in [-0.15, -0.1) is 0 Å². The zero-order valence-corrected chi connectivity index (χ0v) is 20.9. The van der Waals surface area contributed by atoms with E-state index in [4.69, 9.17) is 4.74 Å². The molecule has 0 atom stereocenters. The fraction of sp³-hybridized carbons (Fsp3) is 0.185. The Hall–Kier alpha value is -4.18. The number of anilines is 1. The molecule has 8 nitrogen and oxygen atoms in total. The number of rotatable bonds is 6. The fourth-order valence-corrected chi connectivity index (χ4v) is 4.99. The van der Waals surface area contributed by atoms with Gasteiger partial charge >= 0.3 is 0 Å². The quantitative estimate of drug-likeness (QED) is 0.377. The standard InChI is InChI=1S/C27H24FN5O3S/c1-36-23-16-19(7-8-22(23)31-37-24-6-2-4-18-5-3-10-30-25(18)24)26(34)32-12-14-33(15-13-32)27(35)20-9-11-29-17-21(20)28/h2-11,16-17,31H,12-15H2,1H3. The zero-order chi connectivity index (χ0) is 25.8. The summed E-state index contributed by atoms with van der Waals surface area (Å²) >= 11 is 1.42. The summed E-state index contributed by atoms with van der Waals surface area (Å²) in [6, 6.07) is 16.5. The number of fused-ring (bicyclic) bond motifs is 1. The lowest BCUT2D eigenvalue weighted by molar-refractivity contribution is 0.0532. The van der Waals surface area contributed by atoms with Crippen LogP contribution in [0.4, 0.5) is 10.1 Å². The number of ether oxygens (including phenoxy) is 1. The number of benzene rings is 2. The number of pyridine rings is 2. The second-order valence-corrected chi connectivity index (χ2v) is 9.24. The fourth-order valence-electron chi connectivity index (χ4n) is 4.19. The van der Waals surface area contributed by atoms with Gasteiger partial charge in [0, 0.05) is 49.5 Å². The van der Waals surface area contributed by atoms with Gasteiger partial charge < -0.3 is 19.3 Å². The minimum atomic E-state index is -0.651. The van der Waals surface area contributed by atoms with Crippen molar-refractivity contribution in [3.63, 3.8) is 0 Å². The molecule has 0 radical (unpaired) electrons. The molecule has 1 N–H and O–H groups in total. The lowest BCUT2D eigenvalue weighted by atomic mass is 10.1. The number of nitrogens with zero attached hydrogens (tertiary/aromatic N) is 4. The Bertz CT molecular complexity index is 1450. The lowest BCUT2D eigenvalue weighted by Gasteiger charge is -2.35. The van der Waals surface area contributed by atoms with Crippen molar-refractivity contribution in [2.75, 3.05) is 38.0 Å². The molecular weight excluding hydrogens is 493 g/mol. The average Bonchev–Trinajstić information content (AvgIpc) is 2.95. The number of nitrogens with one attached hydrogen (secondary N) is 1. The van der Waals surface area contributed by atoms with Crippen molar-refractivity contribution in [3.05, 3.63) is 90.1 Å². The first-order valence-corrected chi connectivity index (χ1v) is 12.5. The van der Waals surface area contributed by atoms with E-state index in [1.54, 1.807) is 35.2 Å². The van der Waals surface area contributed by atoms with Crippen molar-refractivity contribution < 1.29 is 18.7 Å². The Balaban J connectivity index is 1.24. The number of piperazine rings is 1. The maximum atomic E-state index is 13.9. The van der Waals surface area contributed by atoms with Crippen LogP contribution < -0.4 is 9.46 Å². The molecule has 2 aromatic heterocycles. The molecule has 5 rings (SSSR count). The Morgan fingerprint density at radius 3 is 2.49 bits per heavy atom. The Morgan fingerprint density at radius 1 is 0.973 bits per heavy atom. The van der Waals surface area contributed by atoms with Crippen molar-refractivity contribution >= 4 is 40.4 Å². The molecule has 0 saturated carbocycles. The van der Waals surface area contributed by atoms with Crippen LogP contribution in [-0.4, -0.2) is 64.9 Å². The lowest BCUT2D eigenvalue weighted by Crippen LogP contribution is -2.50. The third kappa shape index (κ3) is 5.19. The van der Waals surface area contributed by atoms with Crippen LogP contribution in [0.25, 0.3) is 10.9 Å². The molecule has 0 spiro atoms. The van der Waals surface area contributed by atoms with E-state index in [1.807, 2.05) is 36.4 Å². The highest BCUT2D eigenvalue weighted by Gasteiger charge is 2.27. The molecule has 0 aliphatic carbocycles. The van der Waals surface area contributed by atoms with Gasteiger partial charge in [-0.25, -0.2) is 4.39 Å². The number of aromatic nitrogens is 2. The number of carbonyl (C=O) groups excluding carboxylic acids is 2. The number of halogens is 1. The van der Waals surface area contributed by atoms with Crippen molar-refractivity contribution in [2.24, 2.45) is 0 Å². The number of hydrogen-bond donors (Lipinski definition) is 1. The molecule has 2 aromatic carbocycles. The summed E-state index contributed by atoms with van der Waals surface area (Å²) in [5, 5.41) is 1.05. The van der Waals surface area contributed by atoms with Crippen LogP contribution in [0, 0.1) is 5.82 Å². The molecule has 3 heterocycles. The van der Waals surface area contributed by atoms with Crippen LogP contribution in [0.1, 0.15) is 20.7 Å². The maximum Gasteiger partial charge on any atom is 0.257 e. The second kappa shape index (κ2) is 10.8. The molecule has 37 heavy (non-hydrogen) atoms. The van der Waals surface area contributed by atoms with E-state index in [9.17, 15) is 14.0 Å². The topological polar surface area (TPSA) is 87.7 Å². The Labute approximate surface area is 217 Å². The van der Waals surface area contributed by atoms with Crippen molar-refractivity contribution in [1.29, 1.82) is 0 Å². The molecule has 2 amide bonds. The predicted octanol–water partition coefficient (Wildman–Crippen LogP) is 4.49. The van der Waals surface area contributed by atoms with Gasteiger partial charge in [0.1, 0.15) is 5.75 Å². The molecule has 1 aliphatic heterocycles. The van der Waals surface area contributed by atoms with E-state index in [-0.39, 0.29) is 11.5 Å². The second-order valence-electron chi connectivity index (χ2n) is 8.39. The number of methoxy groups -OCH3 is 1. The van der Waals surface area contributed by atoms with Crippen LogP contribution in [0.2, 0.25) is 0 Å². The third-order valence-electron chi connectivity index (χ3n) is 6.17. The van der Waals surface area contributed by atoms with Gasteiger partial charge in [0.15, 0.2) is 5.82 Å². The predicted molar refractivity (Wildman–Crippen MR) is 140 cm³/mol. The van der Waals surface area contributed by atoms with Gasteiger partial charge in [-0.2, -0.15) is 0 Å². The minimum Gasteiger partial charge on any atom is -0.495 e. The molecule has 0 unspecified atom stereocenters. The SMILES string of the molecule is COc1cc(C(=O)N2CCN(C(=O)c3ccncc3F)CC2)ccc1NSc1cccc2cccnc12. The van der Waals surface area contributed by atoms with Gasteiger partial charge in [0.25, 0.3) is 11.8 Å². The number of para-hydroxylation sites is 1. The van der Waals surface area contributed by atoms with Crippen molar-refractivity contribution in [1.82, 2.24) is 19.8 Å². The Morgan fingerprint density at radius 2 is 1.73 bits per heavy atom. The van der Waals surface area contributed by atoms with Crippen LogP contribution in [0.5, 0.6) is 5.75 Å². The molecular formula is C27H24FN5O3S. The monoisotopic (exact) mass is 517 g/mol. The van der Waals surface area contributed by atoms with Gasteiger partial charge in [0.2, 0.25) is 0 Å². The molecule has 4 aromatic rings. The summed E-state index contributed by atoms with van der Waals surface area (Å²) in [7, 11) is 1.56. The van der Waals surface area contributed by atoms with Gasteiger partial charge in [-0.3, -0.25) is 19.6 Å². The average molecular weight is 518 g/mol. The van der Waals surface area contributed by atoms with E-state index in [0.717, 1.165) is 27.7 Å². The summed E-state index contributed by atoms with van der Waals surface area (Å²) < 4.78 is 22.8. The normalized spacial score (nSPS) is 13.5. The molecule has 1 aliphatic rings. The summed E-state index contributed by atoms with van der Waals surface area (Å²) in [5.74, 6) is -0.670. The number of hydrogen-bond acceptors (Lipinski definition) is 7. The minimum absolute atomic E-state index is 0.0141. The summed E-state index contributed by atoms with van der Waals surface area (Å²) in [6.45, 7) is 1.34. The van der Waals surface area contributed by atoms with Gasteiger partial charge in [0.05, 0.1) is 35.0 Å². The first-order chi connectivity index (χ1) is 18.0. The summed E-state index contributed by atoms with van der Waals surface area (Å²) in [4.78, 5) is 38.2. The Kier molecular flexibility index (Phi) is 7.18. The van der Waals surface area contributed by atoms with Crippen LogP contribution in [0.15, 0.2) is 78.1 Å². The van der Waals surface area contributed by atoms with Gasteiger partial charge in [-0.1, -0.05) is 18.2 Å². The van der Waals surface area contributed by atoms with E-state index in [1.165, 1.54) is 24.2 Å². The van der Waals surface area contributed by atoms with E-state index in [2.05, 4.69) is 14.7 Å².